The van der Waals surface area contributed by atoms with Crippen molar-refractivity contribution in [2.24, 2.45) is 0 Å². The minimum atomic E-state index is -0.518. The quantitative estimate of drug-likeness (QED) is 0.454. The Morgan fingerprint density at radius 1 is 1.19 bits per heavy atom. The zero-order valence-electron chi connectivity index (χ0n) is 21.3. The van der Waals surface area contributed by atoms with E-state index in [1.54, 1.807) is 10.9 Å². The van der Waals surface area contributed by atoms with Gasteiger partial charge in [0.05, 0.1) is 12.9 Å². The number of carbonyl (C=O) groups excluding carboxylic acids is 1. The molecule has 2 aliphatic rings. The Labute approximate surface area is 219 Å². The molecule has 3 aromatic rings. The number of alkyl carbamates (subject to hydrolysis) is 1. The first-order valence-corrected chi connectivity index (χ1v) is 12.8. The first kappa shape index (κ1) is 25.6. The van der Waals surface area contributed by atoms with Gasteiger partial charge in [-0.1, -0.05) is 0 Å². The van der Waals surface area contributed by atoms with Gasteiger partial charge in [0.2, 0.25) is 11.1 Å². The summed E-state index contributed by atoms with van der Waals surface area (Å²) in [6.45, 7) is 8.13. The number of anilines is 1. The molecule has 13 nitrogen and oxygen atoms in total. The summed E-state index contributed by atoms with van der Waals surface area (Å²) in [5, 5.41) is 19.0. The number of ether oxygens (including phenoxy) is 2. The second kappa shape index (κ2) is 10.4. The van der Waals surface area contributed by atoms with E-state index in [0.717, 1.165) is 25.7 Å². The smallest absolute Gasteiger partial charge is 0.407 e. The fourth-order valence-electron chi connectivity index (χ4n) is 4.47. The second-order valence-corrected chi connectivity index (χ2v) is 10.5. The molecule has 1 aliphatic carbocycles. The van der Waals surface area contributed by atoms with Crippen molar-refractivity contribution in [3.05, 3.63) is 30.3 Å². The monoisotopic (exact) mass is 530 g/mol. The number of nitrogens with one attached hydrogen (secondary N) is 2. The third kappa shape index (κ3) is 5.93. The van der Waals surface area contributed by atoms with E-state index in [2.05, 4.69) is 41.0 Å². The molecule has 0 bridgehead atoms. The van der Waals surface area contributed by atoms with E-state index in [1.165, 1.54) is 4.80 Å². The number of hydrogen-bond acceptors (Lipinski definition) is 10. The van der Waals surface area contributed by atoms with Crippen LogP contribution in [0.4, 0.5) is 10.6 Å². The number of imidazole rings is 1. The first-order chi connectivity index (χ1) is 17.7. The summed E-state index contributed by atoms with van der Waals surface area (Å²) in [5.41, 5.74) is 0.646. The zero-order valence-corrected chi connectivity index (χ0v) is 22.0. The van der Waals surface area contributed by atoms with Crippen molar-refractivity contribution in [3.63, 3.8) is 0 Å². The molecular formula is C23H31ClN10O3. The summed E-state index contributed by atoms with van der Waals surface area (Å²) in [7, 11) is 0. The normalized spacial score (nSPS) is 24.4. The van der Waals surface area contributed by atoms with Gasteiger partial charge < -0.3 is 20.1 Å². The van der Waals surface area contributed by atoms with Crippen molar-refractivity contribution in [2.75, 3.05) is 5.32 Å². The van der Waals surface area contributed by atoms with Crippen LogP contribution in [0, 0.1) is 12.8 Å². The van der Waals surface area contributed by atoms with E-state index in [1.807, 2.05) is 40.5 Å². The van der Waals surface area contributed by atoms with Gasteiger partial charge in [0.15, 0.2) is 17.0 Å². The molecular weight excluding hydrogens is 500 g/mol. The molecule has 2 fully saturated rings. The van der Waals surface area contributed by atoms with E-state index in [-0.39, 0.29) is 23.5 Å². The molecule has 1 aliphatic heterocycles. The molecule has 1 amide bonds. The number of fused-ring (bicyclic) bond motifs is 1. The predicted molar refractivity (Wildman–Crippen MR) is 134 cm³/mol. The number of carbonyl (C=O) groups is 1. The molecule has 1 saturated heterocycles. The highest BCUT2D eigenvalue weighted by Crippen LogP contribution is 2.37. The van der Waals surface area contributed by atoms with Gasteiger partial charge in [-0.05, 0) is 70.2 Å². The maximum atomic E-state index is 12.1. The fourth-order valence-corrected chi connectivity index (χ4v) is 4.64. The van der Waals surface area contributed by atoms with Crippen molar-refractivity contribution in [1.82, 2.24) is 45.0 Å². The molecule has 4 heterocycles. The number of tetrazole rings is 1. The van der Waals surface area contributed by atoms with Crippen molar-refractivity contribution in [2.45, 2.75) is 89.9 Å². The number of nitrogens with zero attached hydrogens (tertiary/aromatic N) is 8. The van der Waals surface area contributed by atoms with E-state index in [4.69, 9.17) is 21.1 Å². The first-order valence-electron chi connectivity index (χ1n) is 12.5. The number of halogens is 1. The Morgan fingerprint density at radius 3 is 2.65 bits per heavy atom. The maximum Gasteiger partial charge on any atom is 0.407 e. The Balaban J connectivity index is 1.23. The van der Waals surface area contributed by atoms with Crippen molar-refractivity contribution in [1.29, 1.82) is 0 Å². The Hall–Kier alpha value is -3.06. The van der Waals surface area contributed by atoms with Crippen LogP contribution in [-0.2, 0) is 16.0 Å². The predicted octanol–water partition coefficient (Wildman–Crippen LogP) is 3.41. The molecule has 14 heteroatoms. The Kier molecular flexibility index (Phi) is 7.17. The number of hydrogen-bond donors (Lipinski definition) is 2. The van der Waals surface area contributed by atoms with Gasteiger partial charge in [-0.3, -0.25) is 4.57 Å². The van der Waals surface area contributed by atoms with Gasteiger partial charge in [0.25, 0.3) is 0 Å². The van der Waals surface area contributed by atoms with Crippen molar-refractivity contribution < 1.29 is 14.3 Å². The number of aromatic nitrogens is 8. The summed E-state index contributed by atoms with van der Waals surface area (Å²) in [6.07, 6.45) is 7.57. The molecule has 2 atom stereocenters. The van der Waals surface area contributed by atoms with Crippen LogP contribution in [-0.4, -0.2) is 63.5 Å². The van der Waals surface area contributed by atoms with Gasteiger partial charge in [-0.25, -0.2) is 9.78 Å². The van der Waals surface area contributed by atoms with E-state index < -0.39 is 17.9 Å². The second-order valence-electron chi connectivity index (χ2n) is 10.2. The van der Waals surface area contributed by atoms with Gasteiger partial charge in [-0.2, -0.15) is 14.8 Å². The largest absolute Gasteiger partial charge is 0.444 e. The molecule has 5 rings (SSSR count). The van der Waals surface area contributed by atoms with E-state index >= 15 is 0 Å². The third-order valence-corrected chi connectivity index (χ3v) is 6.37. The lowest BCUT2D eigenvalue weighted by Crippen LogP contribution is -2.42. The molecule has 2 radical (unpaired) electrons. The summed E-state index contributed by atoms with van der Waals surface area (Å²) in [6, 6.07) is 0.240. The Morgan fingerprint density at radius 2 is 1.95 bits per heavy atom. The molecule has 2 unspecified atom stereocenters. The third-order valence-electron chi connectivity index (χ3n) is 6.20. The minimum Gasteiger partial charge on any atom is -0.444 e. The fraction of sp³-hybridized carbons (Fsp3) is 0.609. The molecule has 1 saturated carbocycles. The van der Waals surface area contributed by atoms with E-state index in [0.29, 0.717) is 29.4 Å². The lowest BCUT2D eigenvalue weighted by Gasteiger charge is -2.30. The van der Waals surface area contributed by atoms with Crippen LogP contribution in [0.5, 0.6) is 0 Å². The topological polar surface area (TPSA) is 147 Å². The van der Waals surface area contributed by atoms with Crippen LogP contribution >= 0.6 is 11.6 Å². The standard InChI is InChI=1S/C23H31ClN10O3/c1-5-34-31-18(30-32-34)15-10-11-16(36-15)33-12-25-17-19(28-21(24)29-20(17)33)26-13-6-8-14(9-7-13)27-22(35)37-23(2,3)4/h10-16H,5-9H2,1-4H3,(H,27,35)(H,26,28,29)/t13-,14-,15?,16?. The molecule has 3 aromatic heterocycles. The summed E-state index contributed by atoms with van der Waals surface area (Å²) in [4.78, 5) is 27.0. The zero-order chi connectivity index (χ0) is 26.2. The lowest BCUT2D eigenvalue weighted by atomic mass is 9.91. The van der Waals surface area contributed by atoms with Crippen LogP contribution in [0.3, 0.4) is 0 Å². The molecule has 198 valence electrons. The average molecular weight is 531 g/mol. The maximum absolute atomic E-state index is 12.1. The van der Waals surface area contributed by atoms with Gasteiger partial charge in [-0.15, -0.1) is 10.2 Å². The highest BCUT2D eigenvalue weighted by Gasteiger charge is 2.33. The number of aryl methyl sites for hydroxylation is 1. The summed E-state index contributed by atoms with van der Waals surface area (Å²) >= 11 is 6.30. The van der Waals surface area contributed by atoms with Gasteiger partial charge in [0.1, 0.15) is 17.9 Å². The molecule has 0 spiro atoms. The van der Waals surface area contributed by atoms with Crippen LogP contribution in [0.2, 0.25) is 5.28 Å². The lowest BCUT2D eigenvalue weighted by molar-refractivity contribution is 0.0156. The van der Waals surface area contributed by atoms with Gasteiger partial charge in [0, 0.05) is 24.9 Å². The van der Waals surface area contributed by atoms with Crippen LogP contribution in [0.1, 0.15) is 71.5 Å². The molecule has 2 N–H and O–H groups in total. The number of rotatable bonds is 6. The highest BCUT2D eigenvalue weighted by atomic mass is 35.5. The Bertz CT molecular complexity index is 1250. The van der Waals surface area contributed by atoms with Crippen LogP contribution in [0.15, 0.2) is 6.33 Å². The van der Waals surface area contributed by atoms with Crippen molar-refractivity contribution >= 4 is 34.7 Å². The average Bonchev–Trinajstić information content (AvgIpc) is 3.58. The molecule has 0 aromatic carbocycles. The minimum absolute atomic E-state index is 0.0776. The SMILES string of the molecule is CCn1nnc(C2[CH][CH]C(n3cnc4c(N[C@H]5CC[C@H](NC(=O)OC(C)(C)C)CC5)nc(Cl)nc43)O2)n1. The van der Waals surface area contributed by atoms with Gasteiger partial charge >= 0.3 is 6.09 Å². The molecule has 37 heavy (non-hydrogen) atoms. The van der Waals surface area contributed by atoms with E-state index in [9.17, 15) is 4.79 Å². The summed E-state index contributed by atoms with van der Waals surface area (Å²) in [5.74, 6) is 1.07. The van der Waals surface area contributed by atoms with Crippen LogP contribution < -0.4 is 10.6 Å². The van der Waals surface area contributed by atoms with Crippen LogP contribution in [0.25, 0.3) is 11.2 Å². The summed E-state index contributed by atoms with van der Waals surface area (Å²) < 4.78 is 13.3. The van der Waals surface area contributed by atoms with Crippen molar-refractivity contribution in [3.8, 4) is 0 Å². The number of amides is 1. The highest BCUT2D eigenvalue weighted by molar-refractivity contribution is 6.28.